The molecule has 1 atom stereocenters. The van der Waals surface area contributed by atoms with E-state index in [0.717, 1.165) is 44.0 Å². The Morgan fingerprint density at radius 3 is 2.39 bits per heavy atom. The predicted octanol–water partition coefficient (Wildman–Crippen LogP) is 2.35. The summed E-state index contributed by atoms with van der Waals surface area (Å²) in [5.74, 6) is 1.84. The van der Waals surface area contributed by atoms with Crippen molar-refractivity contribution in [2.24, 2.45) is 17.1 Å². The first-order valence-corrected chi connectivity index (χ1v) is 8.29. The molecule has 0 spiro atoms. The molecule has 0 radical (unpaired) electrons. The topological polar surface area (TPSA) is 46.3 Å². The predicted molar refractivity (Wildman–Crippen MR) is 79.7 cm³/mol. The largest absolute Gasteiger partial charge is 0.341 e. The first kappa shape index (κ1) is 15.8. The standard InChI is InChI=1S/C14H28N2OS/c1-14(2,3)11-5-8-16(9-6-11)13(17)12(15)7-10-18-4/h11-12H,5-10,15H2,1-4H3/t12-/m0/s1. The number of carbonyl (C=O) groups is 1. The Morgan fingerprint density at radius 1 is 1.39 bits per heavy atom. The highest BCUT2D eigenvalue weighted by Gasteiger charge is 2.31. The summed E-state index contributed by atoms with van der Waals surface area (Å²) in [5.41, 5.74) is 6.31. The number of rotatable bonds is 4. The van der Waals surface area contributed by atoms with Gasteiger partial charge in [0.05, 0.1) is 6.04 Å². The zero-order chi connectivity index (χ0) is 13.8. The van der Waals surface area contributed by atoms with E-state index in [9.17, 15) is 4.79 Å². The third-order valence-electron chi connectivity index (χ3n) is 3.98. The molecular weight excluding hydrogens is 244 g/mol. The Bertz CT molecular complexity index is 267. The lowest BCUT2D eigenvalue weighted by Crippen LogP contribution is -2.48. The van der Waals surface area contributed by atoms with Gasteiger partial charge in [-0.3, -0.25) is 4.79 Å². The average molecular weight is 272 g/mol. The zero-order valence-corrected chi connectivity index (χ0v) is 13.1. The third kappa shape index (κ3) is 4.47. The molecule has 2 N–H and O–H groups in total. The third-order valence-corrected chi connectivity index (χ3v) is 4.63. The van der Waals surface area contributed by atoms with Crippen LogP contribution in [-0.2, 0) is 4.79 Å². The van der Waals surface area contributed by atoms with E-state index < -0.39 is 0 Å². The lowest BCUT2D eigenvalue weighted by molar-refractivity contribution is -0.134. The fraction of sp³-hybridized carbons (Fsp3) is 0.929. The quantitative estimate of drug-likeness (QED) is 0.854. The molecule has 1 aliphatic rings. The second-order valence-corrected chi connectivity index (χ2v) is 7.34. The molecule has 0 bridgehead atoms. The van der Waals surface area contributed by atoms with E-state index in [1.165, 1.54) is 0 Å². The van der Waals surface area contributed by atoms with E-state index >= 15 is 0 Å². The van der Waals surface area contributed by atoms with Crippen LogP contribution < -0.4 is 5.73 Å². The first-order valence-electron chi connectivity index (χ1n) is 6.89. The van der Waals surface area contributed by atoms with E-state index in [2.05, 4.69) is 20.8 Å². The Hall–Kier alpha value is -0.220. The first-order chi connectivity index (χ1) is 8.36. The fourth-order valence-corrected chi connectivity index (χ4v) is 3.06. The molecular formula is C14H28N2OS. The number of carbonyl (C=O) groups excluding carboxylic acids is 1. The number of nitrogens with zero attached hydrogens (tertiary/aromatic N) is 1. The fourth-order valence-electron chi connectivity index (χ4n) is 2.57. The molecule has 1 aliphatic heterocycles. The van der Waals surface area contributed by atoms with Gasteiger partial charge >= 0.3 is 0 Å². The van der Waals surface area contributed by atoms with Crippen molar-refractivity contribution in [2.45, 2.75) is 46.1 Å². The summed E-state index contributed by atoms with van der Waals surface area (Å²) in [5, 5.41) is 0. The summed E-state index contributed by atoms with van der Waals surface area (Å²) in [6, 6.07) is -0.302. The molecule has 4 heteroatoms. The Kier molecular flexibility index (Phi) is 5.99. The van der Waals surface area contributed by atoms with Gasteiger partial charge in [0.25, 0.3) is 0 Å². The van der Waals surface area contributed by atoms with Crippen LogP contribution in [0.25, 0.3) is 0 Å². The smallest absolute Gasteiger partial charge is 0.239 e. The lowest BCUT2D eigenvalue weighted by atomic mass is 9.75. The second-order valence-electron chi connectivity index (χ2n) is 6.35. The molecule has 1 rings (SSSR count). The maximum absolute atomic E-state index is 12.2. The van der Waals surface area contributed by atoms with Crippen molar-refractivity contribution in [1.29, 1.82) is 0 Å². The van der Waals surface area contributed by atoms with E-state index in [1.807, 2.05) is 11.2 Å². The van der Waals surface area contributed by atoms with Gasteiger partial charge in [-0.25, -0.2) is 0 Å². The van der Waals surface area contributed by atoms with Gasteiger partial charge in [-0.05, 0) is 42.6 Å². The number of amides is 1. The number of likely N-dealkylation sites (tertiary alicyclic amines) is 1. The van der Waals surface area contributed by atoms with Crippen LogP contribution in [0.3, 0.4) is 0 Å². The summed E-state index contributed by atoms with van der Waals surface area (Å²) < 4.78 is 0. The minimum Gasteiger partial charge on any atom is -0.341 e. The minimum atomic E-state index is -0.302. The highest BCUT2D eigenvalue weighted by Crippen LogP contribution is 2.34. The molecule has 1 saturated heterocycles. The SMILES string of the molecule is CSCC[C@H](N)C(=O)N1CCC(C(C)(C)C)CC1. The van der Waals surface area contributed by atoms with Crippen LogP contribution in [0.4, 0.5) is 0 Å². The molecule has 1 heterocycles. The van der Waals surface area contributed by atoms with Crippen molar-refractivity contribution in [1.82, 2.24) is 4.90 Å². The molecule has 0 aliphatic carbocycles. The molecule has 0 saturated carbocycles. The van der Waals surface area contributed by atoms with Crippen molar-refractivity contribution in [3.63, 3.8) is 0 Å². The molecule has 1 fully saturated rings. The monoisotopic (exact) mass is 272 g/mol. The van der Waals surface area contributed by atoms with Gasteiger partial charge in [-0.15, -0.1) is 0 Å². The van der Waals surface area contributed by atoms with Gasteiger partial charge in [0.15, 0.2) is 0 Å². The van der Waals surface area contributed by atoms with Crippen LogP contribution in [0.1, 0.15) is 40.0 Å². The van der Waals surface area contributed by atoms with E-state index in [4.69, 9.17) is 5.73 Å². The van der Waals surface area contributed by atoms with Crippen molar-refractivity contribution in [3.05, 3.63) is 0 Å². The lowest BCUT2D eigenvalue weighted by Gasteiger charge is -2.39. The molecule has 1 amide bonds. The number of hydrogen-bond acceptors (Lipinski definition) is 3. The Balaban J connectivity index is 2.40. The highest BCUT2D eigenvalue weighted by molar-refractivity contribution is 7.98. The van der Waals surface area contributed by atoms with Crippen molar-refractivity contribution in [3.8, 4) is 0 Å². The highest BCUT2D eigenvalue weighted by atomic mass is 32.2. The molecule has 18 heavy (non-hydrogen) atoms. The number of hydrogen-bond donors (Lipinski definition) is 1. The number of piperidine rings is 1. The zero-order valence-electron chi connectivity index (χ0n) is 12.2. The second kappa shape index (κ2) is 6.80. The van der Waals surface area contributed by atoms with Crippen LogP contribution in [0.5, 0.6) is 0 Å². The summed E-state index contributed by atoms with van der Waals surface area (Å²) in [4.78, 5) is 14.1. The van der Waals surface area contributed by atoms with Gasteiger partial charge in [0.1, 0.15) is 0 Å². The molecule has 3 nitrogen and oxygen atoms in total. The minimum absolute atomic E-state index is 0.149. The van der Waals surface area contributed by atoms with Gasteiger partial charge in [0.2, 0.25) is 5.91 Å². The van der Waals surface area contributed by atoms with E-state index in [0.29, 0.717) is 5.41 Å². The van der Waals surface area contributed by atoms with Gasteiger partial charge in [-0.1, -0.05) is 20.8 Å². The summed E-state index contributed by atoms with van der Waals surface area (Å²) in [6.07, 6.45) is 5.07. The number of nitrogens with two attached hydrogens (primary N) is 1. The maximum atomic E-state index is 12.2. The van der Waals surface area contributed by atoms with Crippen LogP contribution in [0, 0.1) is 11.3 Å². The van der Waals surface area contributed by atoms with Gasteiger partial charge < -0.3 is 10.6 Å². The molecule has 0 aromatic carbocycles. The van der Waals surface area contributed by atoms with Gasteiger partial charge in [0, 0.05) is 13.1 Å². The summed E-state index contributed by atoms with van der Waals surface area (Å²) in [6.45, 7) is 8.64. The maximum Gasteiger partial charge on any atom is 0.239 e. The molecule has 0 aromatic rings. The number of thioether (sulfide) groups is 1. The van der Waals surface area contributed by atoms with Crippen molar-refractivity contribution < 1.29 is 4.79 Å². The van der Waals surface area contributed by atoms with E-state index in [-0.39, 0.29) is 11.9 Å². The van der Waals surface area contributed by atoms with Crippen LogP contribution >= 0.6 is 11.8 Å². The summed E-state index contributed by atoms with van der Waals surface area (Å²) in [7, 11) is 0. The van der Waals surface area contributed by atoms with Crippen LogP contribution in [0.2, 0.25) is 0 Å². The van der Waals surface area contributed by atoms with Crippen LogP contribution in [0.15, 0.2) is 0 Å². The van der Waals surface area contributed by atoms with Gasteiger partial charge in [-0.2, -0.15) is 11.8 Å². The molecule has 0 aromatic heterocycles. The molecule has 0 unspecified atom stereocenters. The summed E-state index contributed by atoms with van der Waals surface area (Å²) >= 11 is 1.75. The Morgan fingerprint density at radius 2 is 1.94 bits per heavy atom. The van der Waals surface area contributed by atoms with Crippen molar-refractivity contribution in [2.75, 3.05) is 25.1 Å². The normalized spacial score (nSPS) is 19.9. The van der Waals surface area contributed by atoms with E-state index in [1.54, 1.807) is 11.8 Å². The van der Waals surface area contributed by atoms with Crippen LogP contribution in [-0.4, -0.2) is 41.9 Å². The Labute approximate surface area is 116 Å². The molecule has 106 valence electrons. The average Bonchev–Trinajstić information content (AvgIpc) is 2.34. The van der Waals surface area contributed by atoms with Crippen molar-refractivity contribution >= 4 is 17.7 Å².